The van der Waals surface area contributed by atoms with Crippen molar-refractivity contribution >= 4 is 27.5 Å². The number of hydrogen-bond acceptors (Lipinski definition) is 8. The van der Waals surface area contributed by atoms with E-state index in [2.05, 4.69) is 31.0 Å². The second-order valence-corrected chi connectivity index (χ2v) is 8.75. The van der Waals surface area contributed by atoms with E-state index in [0.717, 1.165) is 25.9 Å². The molecule has 0 radical (unpaired) electrons. The first-order valence-electron chi connectivity index (χ1n) is 9.55. The molecule has 2 saturated heterocycles. The third kappa shape index (κ3) is 4.32. The fourth-order valence-electron chi connectivity index (χ4n) is 3.37. The molecule has 2 aliphatic rings. The van der Waals surface area contributed by atoms with Crippen LogP contribution in [0.2, 0.25) is 0 Å². The molecule has 0 saturated carbocycles. The van der Waals surface area contributed by atoms with Crippen molar-refractivity contribution in [3.63, 3.8) is 0 Å². The van der Waals surface area contributed by atoms with Crippen LogP contribution in [-0.4, -0.2) is 50.7 Å². The molecule has 152 valence electrons. The molecule has 3 heterocycles. The second-order valence-electron chi connectivity index (χ2n) is 7.07. The number of sulfonamides is 1. The van der Waals surface area contributed by atoms with E-state index >= 15 is 0 Å². The standard InChI is InChI=1S/C19H22N6O3S/c20-10-14-11-21-19(23-18(14)25-8-4-1-5-9-25)22-16-6-2-3-7-17(16)29(26,27)24-15-12-28-13-15/h2-3,6-7,11,15,24H,1,4-5,8-9,12-13H2,(H,21,22,23). The van der Waals surface area contributed by atoms with Crippen molar-refractivity contribution in [3.8, 4) is 6.07 Å². The molecule has 1 aromatic carbocycles. The Morgan fingerprint density at radius 3 is 2.62 bits per heavy atom. The summed E-state index contributed by atoms with van der Waals surface area (Å²) in [6, 6.07) is 8.51. The van der Waals surface area contributed by atoms with Gasteiger partial charge in [-0.2, -0.15) is 10.2 Å². The Bertz CT molecular complexity index is 1030. The van der Waals surface area contributed by atoms with Gasteiger partial charge in [0, 0.05) is 13.1 Å². The number of rotatable bonds is 6. The number of para-hydroxylation sites is 1. The van der Waals surface area contributed by atoms with E-state index in [1.807, 2.05) is 0 Å². The summed E-state index contributed by atoms with van der Waals surface area (Å²) in [5.41, 5.74) is 0.777. The zero-order valence-electron chi connectivity index (χ0n) is 15.8. The SMILES string of the molecule is N#Cc1cnc(Nc2ccccc2S(=O)(=O)NC2COC2)nc1N1CCCCC1. The first kappa shape index (κ1) is 19.6. The lowest BCUT2D eigenvalue weighted by Crippen LogP contribution is -2.48. The van der Waals surface area contributed by atoms with Crippen molar-refractivity contribution in [1.82, 2.24) is 14.7 Å². The summed E-state index contributed by atoms with van der Waals surface area (Å²) in [7, 11) is -3.73. The number of hydrogen-bond donors (Lipinski definition) is 2. The third-order valence-corrected chi connectivity index (χ3v) is 6.51. The summed E-state index contributed by atoms with van der Waals surface area (Å²) in [6.45, 7) is 2.41. The highest BCUT2D eigenvalue weighted by molar-refractivity contribution is 7.89. The number of piperidine rings is 1. The van der Waals surface area contributed by atoms with Crippen molar-refractivity contribution < 1.29 is 13.2 Å². The molecule has 2 N–H and O–H groups in total. The Hall–Kier alpha value is -2.74. The van der Waals surface area contributed by atoms with Gasteiger partial charge in [-0.1, -0.05) is 12.1 Å². The second kappa shape index (κ2) is 8.32. The fourth-order valence-corrected chi connectivity index (χ4v) is 4.74. The summed E-state index contributed by atoms with van der Waals surface area (Å²) in [6.07, 6.45) is 4.74. The number of nitriles is 1. The first-order chi connectivity index (χ1) is 14.1. The van der Waals surface area contributed by atoms with Gasteiger partial charge >= 0.3 is 0 Å². The number of benzene rings is 1. The summed E-state index contributed by atoms with van der Waals surface area (Å²) < 4.78 is 33.2. The van der Waals surface area contributed by atoms with Gasteiger partial charge in [0.2, 0.25) is 16.0 Å². The van der Waals surface area contributed by atoms with Crippen molar-refractivity contribution in [1.29, 1.82) is 5.26 Å². The Kier molecular flexibility index (Phi) is 5.62. The molecular formula is C19H22N6O3S. The molecule has 9 nitrogen and oxygen atoms in total. The first-order valence-corrected chi connectivity index (χ1v) is 11.0. The highest BCUT2D eigenvalue weighted by Gasteiger charge is 2.27. The van der Waals surface area contributed by atoms with Crippen LogP contribution < -0.4 is 14.9 Å². The number of nitrogens with zero attached hydrogens (tertiary/aromatic N) is 4. The average molecular weight is 414 g/mol. The Balaban J connectivity index is 1.62. The summed E-state index contributed by atoms with van der Waals surface area (Å²) in [5.74, 6) is 0.828. The summed E-state index contributed by atoms with van der Waals surface area (Å²) in [5, 5.41) is 12.4. The third-order valence-electron chi connectivity index (χ3n) is 4.93. The number of nitrogens with one attached hydrogen (secondary N) is 2. The van der Waals surface area contributed by atoms with E-state index in [1.165, 1.54) is 18.7 Å². The van der Waals surface area contributed by atoms with Crippen molar-refractivity contribution in [3.05, 3.63) is 36.0 Å². The van der Waals surface area contributed by atoms with E-state index in [4.69, 9.17) is 4.74 Å². The molecule has 2 aromatic rings. The maximum atomic E-state index is 12.8. The molecule has 2 aliphatic heterocycles. The molecule has 0 atom stereocenters. The van der Waals surface area contributed by atoms with Crippen LogP contribution >= 0.6 is 0 Å². The van der Waals surface area contributed by atoms with Gasteiger partial charge in [0.05, 0.1) is 31.1 Å². The molecule has 0 amide bonds. The van der Waals surface area contributed by atoms with Crippen LogP contribution in [0, 0.1) is 11.3 Å². The Labute approximate surface area is 169 Å². The number of aromatic nitrogens is 2. The predicted molar refractivity (Wildman–Crippen MR) is 107 cm³/mol. The van der Waals surface area contributed by atoms with Crippen molar-refractivity contribution in [2.45, 2.75) is 30.2 Å². The van der Waals surface area contributed by atoms with Crippen LogP contribution in [-0.2, 0) is 14.8 Å². The molecule has 2 fully saturated rings. The minimum Gasteiger partial charge on any atom is -0.378 e. The molecule has 29 heavy (non-hydrogen) atoms. The van der Waals surface area contributed by atoms with E-state index in [-0.39, 0.29) is 16.9 Å². The minimum atomic E-state index is -3.73. The van der Waals surface area contributed by atoms with Gasteiger partial charge in [-0.15, -0.1) is 0 Å². The molecule has 0 spiro atoms. The van der Waals surface area contributed by atoms with Crippen LogP contribution in [0.25, 0.3) is 0 Å². The van der Waals surface area contributed by atoms with E-state index in [1.54, 1.807) is 18.2 Å². The molecule has 0 bridgehead atoms. The van der Waals surface area contributed by atoms with Gasteiger partial charge in [0.15, 0.2) is 5.82 Å². The smallest absolute Gasteiger partial charge is 0.243 e. The van der Waals surface area contributed by atoms with E-state index in [0.29, 0.717) is 30.3 Å². The van der Waals surface area contributed by atoms with Crippen molar-refractivity contribution in [2.75, 3.05) is 36.5 Å². The van der Waals surface area contributed by atoms with Gasteiger partial charge in [0.25, 0.3) is 0 Å². The lowest BCUT2D eigenvalue weighted by Gasteiger charge is -2.28. The van der Waals surface area contributed by atoms with E-state index < -0.39 is 10.0 Å². The Morgan fingerprint density at radius 2 is 1.93 bits per heavy atom. The van der Waals surface area contributed by atoms with Gasteiger partial charge in [-0.05, 0) is 31.4 Å². The minimum absolute atomic E-state index is 0.111. The lowest BCUT2D eigenvalue weighted by atomic mass is 10.1. The predicted octanol–water partition coefficient (Wildman–Crippen LogP) is 1.76. The van der Waals surface area contributed by atoms with Gasteiger partial charge in [-0.25, -0.2) is 18.1 Å². The quantitative estimate of drug-likeness (QED) is 0.734. The molecule has 0 unspecified atom stereocenters. The number of anilines is 3. The molecule has 10 heteroatoms. The van der Waals surface area contributed by atoms with E-state index in [9.17, 15) is 13.7 Å². The van der Waals surface area contributed by atoms with Crippen LogP contribution in [0.4, 0.5) is 17.5 Å². The maximum absolute atomic E-state index is 12.8. The Morgan fingerprint density at radius 1 is 1.17 bits per heavy atom. The maximum Gasteiger partial charge on any atom is 0.243 e. The summed E-state index contributed by atoms with van der Waals surface area (Å²) in [4.78, 5) is 10.9. The van der Waals surface area contributed by atoms with Gasteiger partial charge in [0.1, 0.15) is 16.5 Å². The zero-order valence-corrected chi connectivity index (χ0v) is 16.7. The number of ether oxygens (including phenoxy) is 1. The lowest BCUT2D eigenvalue weighted by molar-refractivity contribution is 0.00482. The van der Waals surface area contributed by atoms with Gasteiger partial charge < -0.3 is 15.0 Å². The largest absolute Gasteiger partial charge is 0.378 e. The van der Waals surface area contributed by atoms with Crippen LogP contribution in [0.5, 0.6) is 0 Å². The van der Waals surface area contributed by atoms with Crippen LogP contribution in [0.15, 0.2) is 35.4 Å². The van der Waals surface area contributed by atoms with Gasteiger partial charge in [-0.3, -0.25) is 0 Å². The zero-order chi connectivity index (χ0) is 20.3. The topological polar surface area (TPSA) is 120 Å². The highest BCUT2D eigenvalue weighted by Crippen LogP contribution is 2.27. The molecule has 1 aromatic heterocycles. The average Bonchev–Trinajstić information content (AvgIpc) is 2.72. The van der Waals surface area contributed by atoms with Crippen LogP contribution in [0.1, 0.15) is 24.8 Å². The highest BCUT2D eigenvalue weighted by atomic mass is 32.2. The summed E-state index contributed by atoms with van der Waals surface area (Å²) >= 11 is 0. The van der Waals surface area contributed by atoms with Crippen molar-refractivity contribution in [2.24, 2.45) is 0 Å². The molecule has 0 aliphatic carbocycles. The monoisotopic (exact) mass is 414 g/mol. The normalized spacial score (nSPS) is 17.4. The fraction of sp³-hybridized carbons (Fsp3) is 0.421. The molecule has 4 rings (SSSR count). The van der Waals surface area contributed by atoms with Crippen LogP contribution in [0.3, 0.4) is 0 Å². The molecular weight excluding hydrogens is 392 g/mol.